The van der Waals surface area contributed by atoms with Crippen LogP contribution in [0.3, 0.4) is 0 Å². The lowest BCUT2D eigenvalue weighted by Crippen LogP contribution is -2.04. The molecule has 2 heterocycles. The Labute approximate surface area is 102 Å². The van der Waals surface area contributed by atoms with Gasteiger partial charge in [0.25, 0.3) is 0 Å². The molecular formula is C9H7Cl3N2O. The van der Waals surface area contributed by atoms with Crippen molar-refractivity contribution in [1.29, 1.82) is 0 Å². The number of imidazole rings is 1. The van der Waals surface area contributed by atoms with Crippen LogP contribution in [0.2, 0.25) is 5.02 Å². The Morgan fingerprint density at radius 3 is 2.87 bits per heavy atom. The number of hydrogen-bond acceptors (Lipinski definition) is 2. The quantitative estimate of drug-likeness (QED) is 0.618. The summed E-state index contributed by atoms with van der Waals surface area (Å²) in [6.45, 7) is 0. The average molecular weight is 266 g/mol. The topological polar surface area (TPSA) is 34.4 Å². The van der Waals surface area contributed by atoms with E-state index in [0.29, 0.717) is 16.4 Å². The van der Waals surface area contributed by atoms with Crippen LogP contribution in [-0.2, 0) is 0 Å². The summed E-state index contributed by atoms with van der Waals surface area (Å²) >= 11 is 11.3. The molecule has 0 radical (unpaired) electrons. The maximum atomic E-state index is 11.4. The van der Waals surface area contributed by atoms with E-state index >= 15 is 0 Å². The number of ketones is 1. The summed E-state index contributed by atoms with van der Waals surface area (Å²) in [5.74, 6) is -0.221. The third-order valence-corrected chi connectivity index (χ3v) is 2.34. The molecule has 0 aliphatic carbocycles. The monoisotopic (exact) mass is 264 g/mol. The maximum Gasteiger partial charge on any atom is 0.195 e. The number of nitrogens with zero attached hydrogens (tertiary/aromatic N) is 2. The Balaban J connectivity index is 0.00000112. The number of halogens is 3. The fourth-order valence-electron chi connectivity index (χ4n) is 1.23. The van der Waals surface area contributed by atoms with E-state index in [9.17, 15) is 4.79 Å². The molecule has 0 aliphatic rings. The summed E-state index contributed by atoms with van der Waals surface area (Å²) in [7, 11) is 0. The SMILES string of the molecule is Cl.O=C(CCl)c1cnc2ccc(Cl)cn12. The van der Waals surface area contributed by atoms with Crippen LogP contribution in [0, 0.1) is 0 Å². The molecule has 0 aromatic carbocycles. The van der Waals surface area contributed by atoms with Gasteiger partial charge in [-0.3, -0.25) is 9.20 Å². The summed E-state index contributed by atoms with van der Waals surface area (Å²) in [6.07, 6.45) is 3.14. The highest BCUT2D eigenvalue weighted by Crippen LogP contribution is 2.13. The molecule has 0 aliphatic heterocycles. The normalized spacial score (nSPS) is 10.0. The number of carbonyl (C=O) groups is 1. The first-order valence-electron chi connectivity index (χ1n) is 3.94. The van der Waals surface area contributed by atoms with Gasteiger partial charge in [0.05, 0.1) is 17.1 Å². The molecule has 0 unspecified atom stereocenters. The van der Waals surface area contributed by atoms with Crippen molar-refractivity contribution in [1.82, 2.24) is 9.38 Å². The van der Waals surface area contributed by atoms with E-state index in [2.05, 4.69) is 4.98 Å². The lowest BCUT2D eigenvalue weighted by Gasteiger charge is -1.98. The zero-order valence-corrected chi connectivity index (χ0v) is 9.81. The molecular weight excluding hydrogens is 258 g/mol. The summed E-state index contributed by atoms with van der Waals surface area (Å²) in [6, 6.07) is 3.46. The Morgan fingerprint density at radius 2 is 2.20 bits per heavy atom. The van der Waals surface area contributed by atoms with Gasteiger partial charge in [-0.2, -0.15) is 0 Å². The fourth-order valence-corrected chi connectivity index (χ4v) is 1.53. The highest BCUT2D eigenvalue weighted by atomic mass is 35.5. The van der Waals surface area contributed by atoms with Crippen LogP contribution in [-0.4, -0.2) is 21.0 Å². The molecule has 2 aromatic rings. The standard InChI is InChI=1S/C9H6Cl2N2O.ClH/c10-3-8(14)7-4-12-9-2-1-6(11)5-13(7)9;/h1-2,4-5H,3H2;1H. The lowest BCUT2D eigenvalue weighted by molar-refractivity contribution is 0.101. The van der Waals surface area contributed by atoms with Gasteiger partial charge in [0, 0.05) is 6.20 Å². The molecule has 80 valence electrons. The van der Waals surface area contributed by atoms with E-state index in [1.165, 1.54) is 6.20 Å². The number of carbonyl (C=O) groups excluding carboxylic acids is 1. The second kappa shape index (κ2) is 4.84. The second-order valence-electron chi connectivity index (χ2n) is 2.78. The van der Waals surface area contributed by atoms with Crippen LogP contribution in [0.1, 0.15) is 10.5 Å². The van der Waals surface area contributed by atoms with Crippen LogP contribution in [0.15, 0.2) is 24.5 Å². The largest absolute Gasteiger partial charge is 0.296 e. The Kier molecular flexibility index (Phi) is 3.97. The van der Waals surface area contributed by atoms with E-state index in [1.54, 1.807) is 22.7 Å². The number of Topliss-reactive ketones (excluding diaryl/α,β-unsaturated/α-hetero) is 1. The molecule has 0 N–H and O–H groups in total. The Bertz CT molecular complexity index is 495. The molecule has 2 rings (SSSR count). The predicted molar refractivity (Wildman–Crippen MR) is 62.5 cm³/mol. The second-order valence-corrected chi connectivity index (χ2v) is 3.48. The zero-order chi connectivity index (χ0) is 10.1. The summed E-state index contributed by atoms with van der Waals surface area (Å²) in [5.41, 5.74) is 1.14. The van der Waals surface area contributed by atoms with Gasteiger partial charge < -0.3 is 0 Å². The molecule has 3 nitrogen and oxygen atoms in total. The fraction of sp³-hybridized carbons (Fsp3) is 0.111. The molecule has 0 saturated heterocycles. The molecule has 0 fully saturated rings. The molecule has 2 aromatic heterocycles. The van der Waals surface area contributed by atoms with Crippen molar-refractivity contribution in [3.05, 3.63) is 35.2 Å². The minimum Gasteiger partial charge on any atom is -0.296 e. The Hall–Kier alpha value is -0.770. The molecule has 15 heavy (non-hydrogen) atoms. The third kappa shape index (κ3) is 2.25. The lowest BCUT2D eigenvalue weighted by atomic mass is 10.3. The van der Waals surface area contributed by atoms with Crippen molar-refractivity contribution >= 4 is 47.0 Å². The van der Waals surface area contributed by atoms with Gasteiger partial charge in [0.2, 0.25) is 0 Å². The summed E-state index contributed by atoms with van der Waals surface area (Å²) < 4.78 is 1.63. The summed E-state index contributed by atoms with van der Waals surface area (Å²) in [4.78, 5) is 15.4. The molecule has 0 bridgehead atoms. The van der Waals surface area contributed by atoms with Crippen molar-refractivity contribution < 1.29 is 4.79 Å². The van der Waals surface area contributed by atoms with Crippen molar-refractivity contribution in [3.8, 4) is 0 Å². The third-order valence-electron chi connectivity index (χ3n) is 1.88. The van der Waals surface area contributed by atoms with E-state index in [-0.39, 0.29) is 24.1 Å². The van der Waals surface area contributed by atoms with E-state index in [4.69, 9.17) is 23.2 Å². The van der Waals surface area contributed by atoms with Crippen LogP contribution < -0.4 is 0 Å². The van der Waals surface area contributed by atoms with Crippen molar-refractivity contribution in [2.24, 2.45) is 0 Å². The van der Waals surface area contributed by atoms with Gasteiger partial charge in [-0.25, -0.2) is 4.98 Å². The van der Waals surface area contributed by atoms with Crippen molar-refractivity contribution in [3.63, 3.8) is 0 Å². The molecule has 6 heteroatoms. The van der Waals surface area contributed by atoms with Crippen LogP contribution >= 0.6 is 35.6 Å². The van der Waals surface area contributed by atoms with Gasteiger partial charge >= 0.3 is 0 Å². The number of rotatable bonds is 2. The van der Waals surface area contributed by atoms with Gasteiger partial charge in [0.1, 0.15) is 11.3 Å². The minimum atomic E-state index is -0.165. The van der Waals surface area contributed by atoms with Crippen molar-refractivity contribution in [2.45, 2.75) is 0 Å². The zero-order valence-electron chi connectivity index (χ0n) is 7.48. The van der Waals surface area contributed by atoms with Gasteiger partial charge in [-0.05, 0) is 12.1 Å². The van der Waals surface area contributed by atoms with Crippen LogP contribution in [0.5, 0.6) is 0 Å². The minimum absolute atomic E-state index is 0. The number of pyridine rings is 1. The smallest absolute Gasteiger partial charge is 0.195 e. The number of fused-ring (bicyclic) bond motifs is 1. The number of alkyl halides is 1. The summed E-state index contributed by atoms with van der Waals surface area (Å²) in [5, 5.41) is 0.555. The van der Waals surface area contributed by atoms with Crippen LogP contribution in [0.25, 0.3) is 5.65 Å². The maximum absolute atomic E-state index is 11.4. The Morgan fingerprint density at radius 1 is 1.47 bits per heavy atom. The molecule has 0 amide bonds. The van der Waals surface area contributed by atoms with E-state index in [0.717, 1.165) is 0 Å². The average Bonchev–Trinajstić information content (AvgIpc) is 2.59. The highest BCUT2D eigenvalue weighted by Gasteiger charge is 2.10. The highest BCUT2D eigenvalue weighted by molar-refractivity contribution is 6.31. The van der Waals surface area contributed by atoms with Gasteiger partial charge in [0.15, 0.2) is 5.78 Å². The van der Waals surface area contributed by atoms with Gasteiger partial charge in [-0.1, -0.05) is 11.6 Å². The molecule has 0 saturated carbocycles. The van der Waals surface area contributed by atoms with Crippen LogP contribution in [0.4, 0.5) is 0 Å². The first-order chi connectivity index (χ1) is 6.72. The number of aromatic nitrogens is 2. The molecule has 0 spiro atoms. The van der Waals surface area contributed by atoms with Gasteiger partial charge in [-0.15, -0.1) is 24.0 Å². The number of hydrogen-bond donors (Lipinski definition) is 0. The predicted octanol–water partition coefficient (Wildman–Crippen LogP) is 2.83. The van der Waals surface area contributed by atoms with E-state index < -0.39 is 0 Å². The van der Waals surface area contributed by atoms with E-state index in [1.807, 2.05) is 0 Å². The van der Waals surface area contributed by atoms with Crippen molar-refractivity contribution in [2.75, 3.05) is 5.88 Å². The first-order valence-corrected chi connectivity index (χ1v) is 4.85. The first kappa shape index (κ1) is 12.3. The molecule has 0 atom stereocenters.